The topological polar surface area (TPSA) is 133 Å². The molecular formula is C10H22N2O5. The first kappa shape index (κ1) is 18.2. The van der Waals surface area contributed by atoms with Crippen molar-refractivity contribution in [2.24, 2.45) is 11.1 Å². The average Bonchev–Trinajstić information content (AvgIpc) is 2.27. The zero-order valence-electron chi connectivity index (χ0n) is 10.6. The molecule has 2 atom stereocenters. The Labute approximate surface area is 101 Å². The minimum atomic E-state index is -1.08. The molecule has 0 fully saturated rings. The van der Waals surface area contributed by atoms with Crippen LogP contribution in [0.15, 0.2) is 0 Å². The van der Waals surface area contributed by atoms with Gasteiger partial charge in [0.05, 0.1) is 6.61 Å². The largest absolute Gasteiger partial charge is 0.480 e. The first-order valence-corrected chi connectivity index (χ1v) is 5.09. The van der Waals surface area contributed by atoms with Crippen LogP contribution < -0.4 is 11.1 Å². The fourth-order valence-electron chi connectivity index (χ4n) is 0.556. The van der Waals surface area contributed by atoms with Crippen LogP contribution in [-0.2, 0) is 9.59 Å². The maximum absolute atomic E-state index is 10.3. The number of aliphatic hydroxyl groups is 1. The maximum Gasteiger partial charge on any atom is 0.321 e. The molecule has 0 spiro atoms. The molecular weight excluding hydrogens is 228 g/mol. The third-order valence-corrected chi connectivity index (χ3v) is 2.32. The fraction of sp³-hybridized carbons (Fsp3) is 0.800. The van der Waals surface area contributed by atoms with Crippen LogP contribution in [0.1, 0.15) is 20.8 Å². The number of likely N-dealkylation sites (N-methyl/N-ethyl adjacent to an activating group) is 1. The van der Waals surface area contributed by atoms with E-state index >= 15 is 0 Å². The van der Waals surface area contributed by atoms with Crippen LogP contribution in [0.2, 0.25) is 0 Å². The molecule has 17 heavy (non-hydrogen) atoms. The van der Waals surface area contributed by atoms with Crippen LogP contribution in [-0.4, -0.2) is 53.0 Å². The van der Waals surface area contributed by atoms with Gasteiger partial charge in [0.25, 0.3) is 0 Å². The molecule has 0 saturated heterocycles. The Balaban J connectivity index is 0. The molecule has 0 aromatic heterocycles. The van der Waals surface area contributed by atoms with Crippen LogP contribution in [0.25, 0.3) is 0 Å². The maximum atomic E-state index is 10.3. The normalized spacial score (nSPS) is 14.2. The van der Waals surface area contributed by atoms with Crippen molar-refractivity contribution in [3.8, 4) is 0 Å². The van der Waals surface area contributed by atoms with Gasteiger partial charge in [0.2, 0.25) is 0 Å². The predicted octanol–water partition coefficient (Wildman–Crippen LogP) is -0.904. The Hall–Kier alpha value is -1.18. The Morgan fingerprint density at radius 3 is 1.76 bits per heavy atom. The summed E-state index contributed by atoms with van der Waals surface area (Å²) in [7, 11) is 1.61. The van der Waals surface area contributed by atoms with Crippen LogP contribution in [0.3, 0.4) is 0 Å². The fourth-order valence-corrected chi connectivity index (χ4v) is 0.556. The smallest absolute Gasteiger partial charge is 0.321 e. The first-order valence-electron chi connectivity index (χ1n) is 5.09. The summed E-state index contributed by atoms with van der Waals surface area (Å²) in [4.78, 5) is 20.1. The number of rotatable bonds is 5. The highest BCUT2D eigenvalue weighted by atomic mass is 16.4. The van der Waals surface area contributed by atoms with Crippen molar-refractivity contribution in [3.63, 3.8) is 0 Å². The molecule has 0 aromatic rings. The molecule has 102 valence electrons. The molecule has 0 rings (SSSR count). The minimum absolute atomic E-state index is 0.222. The Morgan fingerprint density at radius 2 is 1.71 bits per heavy atom. The zero-order chi connectivity index (χ0) is 14.2. The van der Waals surface area contributed by atoms with Crippen molar-refractivity contribution >= 4 is 11.9 Å². The summed E-state index contributed by atoms with van der Waals surface area (Å²) in [5.74, 6) is -1.90. The molecule has 0 aromatic carbocycles. The number of aliphatic hydroxyl groups excluding tert-OH is 1. The molecule has 0 bridgehead atoms. The van der Waals surface area contributed by atoms with Crippen molar-refractivity contribution in [1.29, 1.82) is 0 Å². The average molecular weight is 250 g/mol. The summed E-state index contributed by atoms with van der Waals surface area (Å²) >= 11 is 0. The SMILES string of the molecule is CC(C)(CO)C(N)C(=O)O.CNC(C)C(=O)O. The lowest BCUT2D eigenvalue weighted by molar-refractivity contribution is -0.142. The summed E-state index contributed by atoms with van der Waals surface area (Å²) in [6.07, 6.45) is 0. The van der Waals surface area contributed by atoms with Gasteiger partial charge < -0.3 is 26.4 Å². The molecule has 7 heteroatoms. The molecule has 2 unspecified atom stereocenters. The van der Waals surface area contributed by atoms with Gasteiger partial charge in [-0.15, -0.1) is 0 Å². The van der Waals surface area contributed by atoms with Gasteiger partial charge in [-0.2, -0.15) is 0 Å². The van der Waals surface area contributed by atoms with E-state index in [9.17, 15) is 9.59 Å². The van der Waals surface area contributed by atoms with Crippen LogP contribution >= 0.6 is 0 Å². The molecule has 6 N–H and O–H groups in total. The molecule has 0 radical (unpaired) electrons. The monoisotopic (exact) mass is 250 g/mol. The van der Waals surface area contributed by atoms with E-state index < -0.39 is 29.4 Å². The summed E-state index contributed by atoms with van der Waals surface area (Å²) < 4.78 is 0. The second kappa shape index (κ2) is 7.99. The number of aliphatic carboxylic acids is 2. The second-order valence-electron chi connectivity index (χ2n) is 4.31. The van der Waals surface area contributed by atoms with E-state index in [2.05, 4.69) is 5.32 Å². The number of carboxylic acid groups (broad SMARTS) is 2. The Morgan fingerprint density at radius 1 is 1.29 bits per heavy atom. The van der Waals surface area contributed by atoms with Crippen molar-refractivity contribution in [1.82, 2.24) is 5.32 Å². The predicted molar refractivity (Wildman–Crippen MR) is 62.6 cm³/mol. The quantitative estimate of drug-likeness (QED) is 0.427. The number of nitrogens with one attached hydrogen (secondary N) is 1. The van der Waals surface area contributed by atoms with E-state index in [0.717, 1.165) is 0 Å². The first-order chi connectivity index (χ1) is 7.60. The summed E-state index contributed by atoms with van der Waals surface area (Å²) in [5, 5.41) is 27.8. The van der Waals surface area contributed by atoms with Gasteiger partial charge in [-0.25, -0.2) is 0 Å². The molecule has 0 saturated carbocycles. The summed E-state index contributed by atoms with van der Waals surface area (Å²) in [6.45, 7) is 4.57. The van der Waals surface area contributed by atoms with E-state index in [-0.39, 0.29) is 6.61 Å². The number of carboxylic acids is 2. The zero-order valence-corrected chi connectivity index (χ0v) is 10.6. The number of carbonyl (C=O) groups is 2. The Kier molecular flexibility index (Phi) is 8.55. The second-order valence-corrected chi connectivity index (χ2v) is 4.31. The highest BCUT2D eigenvalue weighted by Gasteiger charge is 2.30. The molecule has 0 aliphatic rings. The van der Waals surface area contributed by atoms with Crippen molar-refractivity contribution in [2.75, 3.05) is 13.7 Å². The van der Waals surface area contributed by atoms with Crippen molar-refractivity contribution in [3.05, 3.63) is 0 Å². The van der Waals surface area contributed by atoms with Crippen LogP contribution in [0, 0.1) is 5.41 Å². The Bertz CT molecular complexity index is 255. The molecule has 0 aliphatic heterocycles. The molecule has 0 heterocycles. The van der Waals surface area contributed by atoms with E-state index in [0.29, 0.717) is 0 Å². The van der Waals surface area contributed by atoms with Crippen LogP contribution in [0.5, 0.6) is 0 Å². The highest BCUT2D eigenvalue weighted by molar-refractivity contribution is 5.74. The van der Waals surface area contributed by atoms with Gasteiger partial charge in [0.15, 0.2) is 0 Å². The number of hydrogen-bond donors (Lipinski definition) is 5. The number of hydrogen-bond acceptors (Lipinski definition) is 5. The third kappa shape index (κ3) is 7.67. The molecule has 7 nitrogen and oxygen atoms in total. The van der Waals surface area contributed by atoms with Gasteiger partial charge in [-0.05, 0) is 14.0 Å². The lowest BCUT2D eigenvalue weighted by Gasteiger charge is -2.25. The standard InChI is InChI=1S/C6H13NO3.C4H9NO2/c1-6(2,3-8)4(7)5(9)10;1-3(5-2)4(6)7/h4,8H,3,7H2,1-2H3,(H,9,10);3,5H,1-2H3,(H,6,7). The lowest BCUT2D eigenvalue weighted by Crippen LogP contribution is -2.45. The summed E-state index contributed by atoms with van der Waals surface area (Å²) in [5.41, 5.74) is 4.50. The number of nitrogens with two attached hydrogens (primary N) is 1. The molecule has 0 amide bonds. The van der Waals surface area contributed by atoms with Gasteiger partial charge in [0.1, 0.15) is 12.1 Å². The highest BCUT2D eigenvalue weighted by Crippen LogP contribution is 2.17. The van der Waals surface area contributed by atoms with E-state index in [1.54, 1.807) is 27.8 Å². The van der Waals surface area contributed by atoms with E-state index in [1.807, 2.05) is 0 Å². The van der Waals surface area contributed by atoms with E-state index in [4.69, 9.17) is 21.1 Å². The van der Waals surface area contributed by atoms with E-state index in [1.165, 1.54) is 0 Å². The minimum Gasteiger partial charge on any atom is -0.480 e. The summed E-state index contributed by atoms with van der Waals surface area (Å²) in [6, 6.07) is -1.43. The lowest BCUT2D eigenvalue weighted by atomic mass is 9.86. The van der Waals surface area contributed by atoms with Gasteiger partial charge >= 0.3 is 11.9 Å². The van der Waals surface area contributed by atoms with Crippen LogP contribution in [0.4, 0.5) is 0 Å². The third-order valence-electron chi connectivity index (χ3n) is 2.32. The van der Waals surface area contributed by atoms with Gasteiger partial charge in [0, 0.05) is 5.41 Å². The van der Waals surface area contributed by atoms with Gasteiger partial charge in [-0.3, -0.25) is 9.59 Å². The van der Waals surface area contributed by atoms with Crippen molar-refractivity contribution < 1.29 is 24.9 Å². The van der Waals surface area contributed by atoms with Gasteiger partial charge in [-0.1, -0.05) is 13.8 Å². The molecule has 0 aliphatic carbocycles. The van der Waals surface area contributed by atoms with Crippen molar-refractivity contribution in [2.45, 2.75) is 32.9 Å².